The minimum absolute atomic E-state index is 0.215. The van der Waals surface area contributed by atoms with Gasteiger partial charge in [-0.3, -0.25) is 0 Å². The molecule has 1 heterocycles. The Balaban J connectivity index is 1.90. The molecule has 0 radical (unpaired) electrons. The van der Waals surface area contributed by atoms with E-state index in [9.17, 15) is 0 Å². The van der Waals surface area contributed by atoms with Crippen LogP contribution >= 0.6 is 11.6 Å². The summed E-state index contributed by atoms with van der Waals surface area (Å²) in [5.41, 5.74) is 2.51. The van der Waals surface area contributed by atoms with Gasteiger partial charge in [0.15, 0.2) is 0 Å². The first-order valence-electron chi connectivity index (χ1n) is 7.16. The summed E-state index contributed by atoms with van der Waals surface area (Å²) in [5.74, 6) is 2.25. The number of rotatable bonds is 3. The highest BCUT2D eigenvalue weighted by Crippen LogP contribution is 2.49. The standard InChI is InChI=1S/C16H22ClNO/c1-16(2,3)12-9-19-15-11(12)6-7-13(17)14(15)18-8-10-4-5-10/h6-7,10,12,18H,4-5,8-9H2,1-3H3. The Morgan fingerprint density at radius 1 is 1.32 bits per heavy atom. The van der Waals surface area contributed by atoms with Crippen LogP contribution in [0.15, 0.2) is 12.1 Å². The van der Waals surface area contributed by atoms with E-state index in [1.54, 1.807) is 0 Å². The third kappa shape index (κ3) is 2.55. The zero-order chi connectivity index (χ0) is 13.6. The largest absolute Gasteiger partial charge is 0.490 e. The van der Waals surface area contributed by atoms with Gasteiger partial charge in [0.1, 0.15) is 5.75 Å². The minimum atomic E-state index is 0.215. The van der Waals surface area contributed by atoms with Crippen molar-refractivity contribution in [2.24, 2.45) is 11.3 Å². The molecule has 0 bridgehead atoms. The van der Waals surface area contributed by atoms with Crippen LogP contribution < -0.4 is 10.1 Å². The zero-order valence-electron chi connectivity index (χ0n) is 11.9. The lowest BCUT2D eigenvalue weighted by atomic mass is 9.78. The number of ether oxygens (including phenoxy) is 1. The summed E-state index contributed by atoms with van der Waals surface area (Å²) >= 11 is 6.33. The second-order valence-electron chi connectivity index (χ2n) is 6.89. The maximum absolute atomic E-state index is 6.33. The predicted molar refractivity (Wildman–Crippen MR) is 80.4 cm³/mol. The molecular weight excluding hydrogens is 258 g/mol. The highest BCUT2D eigenvalue weighted by molar-refractivity contribution is 6.33. The van der Waals surface area contributed by atoms with E-state index >= 15 is 0 Å². The lowest BCUT2D eigenvalue weighted by Crippen LogP contribution is -2.19. The molecule has 1 aromatic carbocycles. The fourth-order valence-corrected chi connectivity index (χ4v) is 2.93. The topological polar surface area (TPSA) is 21.3 Å². The molecule has 1 aliphatic heterocycles. The molecule has 1 saturated carbocycles. The van der Waals surface area contributed by atoms with E-state index in [-0.39, 0.29) is 5.41 Å². The van der Waals surface area contributed by atoms with Crippen molar-refractivity contribution >= 4 is 17.3 Å². The second kappa shape index (κ2) is 4.59. The molecule has 1 unspecified atom stereocenters. The van der Waals surface area contributed by atoms with Crippen molar-refractivity contribution in [3.05, 3.63) is 22.7 Å². The van der Waals surface area contributed by atoms with E-state index in [0.29, 0.717) is 5.92 Å². The first-order valence-corrected chi connectivity index (χ1v) is 7.53. The van der Waals surface area contributed by atoms with Crippen LogP contribution in [0.1, 0.15) is 45.1 Å². The van der Waals surface area contributed by atoms with Crippen LogP contribution in [-0.2, 0) is 0 Å². The number of nitrogens with one attached hydrogen (secondary N) is 1. The van der Waals surface area contributed by atoms with Crippen molar-refractivity contribution in [2.75, 3.05) is 18.5 Å². The summed E-state index contributed by atoms with van der Waals surface area (Å²) in [5, 5.41) is 4.26. The molecule has 19 heavy (non-hydrogen) atoms. The molecule has 3 heteroatoms. The summed E-state index contributed by atoms with van der Waals surface area (Å²) in [6.07, 6.45) is 2.68. The van der Waals surface area contributed by atoms with Crippen molar-refractivity contribution in [1.82, 2.24) is 0 Å². The van der Waals surface area contributed by atoms with Crippen LogP contribution in [0.25, 0.3) is 0 Å². The highest BCUT2D eigenvalue weighted by atomic mass is 35.5. The molecule has 1 fully saturated rings. The molecule has 0 spiro atoms. The summed E-state index contributed by atoms with van der Waals surface area (Å²) in [6.45, 7) is 8.57. The number of halogens is 1. The van der Waals surface area contributed by atoms with Gasteiger partial charge in [-0.2, -0.15) is 0 Å². The van der Waals surface area contributed by atoms with Gasteiger partial charge < -0.3 is 10.1 Å². The predicted octanol–water partition coefficient (Wildman–Crippen LogP) is 4.68. The monoisotopic (exact) mass is 279 g/mol. The van der Waals surface area contributed by atoms with Crippen LogP contribution in [0.2, 0.25) is 5.02 Å². The SMILES string of the molecule is CC(C)(C)C1COc2c1ccc(Cl)c2NCC1CC1. The normalized spacial score (nSPS) is 22.0. The van der Waals surface area contributed by atoms with Gasteiger partial charge in [-0.25, -0.2) is 0 Å². The fourth-order valence-electron chi connectivity index (χ4n) is 2.71. The van der Waals surface area contributed by atoms with Gasteiger partial charge in [0.05, 0.1) is 17.3 Å². The molecular formula is C16H22ClNO. The summed E-state index contributed by atoms with van der Waals surface area (Å²) in [4.78, 5) is 0. The molecule has 0 amide bonds. The molecule has 0 saturated heterocycles. The molecule has 2 aliphatic rings. The zero-order valence-corrected chi connectivity index (χ0v) is 12.7. The van der Waals surface area contributed by atoms with Crippen molar-refractivity contribution in [3.8, 4) is 5.75 Å². The van der Waals surface area contributed by atoms with Crippen molar-refractivity contribution in [2.45, 2.75) is 39.5 Å². The van der Waals surface area contributed by atoms with E-state index in [1.807, 2.05) is 6.07 Å². The Kier molecular flexibility index (Phi) is 3.17. The third-order valence-electron chi connectivity index (χ3n) is 4.22. The Morgan fingerprint density at radius 2 is 2.05 bits per heavy atom. The van der Waals surface area contributed by atoms with Crippen LogP contribution in [0.4, 0.5) is 5.69 Å². The van der Waals surface area contributed by atoms with Crippen molar-refractivity contribution in [3.63, 3.8) is 0 Å². The van der Waals surface area contributed by atoms with E-state index in [1.165, 1.54) is 18.4 Å². The van der Waals surface area contributed by atoms with Gasteiger partial charge in [0.25, 0.3) is 0 Å². The van der Waals surface area contributed by atoms with E-state index in [2.05, 4.69) is 32.2 Å². The number of fused-ring (bicyclic) bond motifs is 1. The van der Waals surface area contributed by atoms with Crippen LogP contribution in [-0.4, -0.2) is 13.2 Å². The first kappa shape index (κ1) is 13.1. The number of hydrogen-bond acceptors (Lipinski definition) is 2. The average Bonchev–Trinajstić information content (AvgIpc) is 3.03. The van der Waals surface area contributed by atoms with Gasteiger partial charge in [0, 0.05) is 18.0 Å². The lowest BCUT2D eigenvalue weighted by Gasteiger charge is -2.25. The van der Waals surface area contributed by atoms with Gasteiger partial charge in [-0.05, 0) is 30.2 Å². The van der Waals surface area contributed by atoms with Gasteiger partial charge in [-0.15, -0.1) is 0 Å². The summed E-state index contributed by atoms with van der Waals surface area (Å²) < 4.78 is 5.96. The van der Waals surface area contributed by atoms with E-state index in [0.717, 1.165) is 35.5 Å². The lowest BCUT2D eigenvalue weighted by molar-refractivity contribution is 0.243. The number of hydrogen-bond donors (Lipinski definition) is 1. The van der Waals surface area contributed by atoms with Crippen molar-refractivity contribution < 1.29 is 4.74 Å². The molecule has 3 rings (SSSR count). The molecule has 1 aliphatic carbocycles. The quantitative estimate of drug-likeness (QED) is 0.867. The van der Waals surface area contributed by atoms with Crippen molar-refractivity contribution in [1.29, 1.82) is 0 Å². The van der Waals surface area contributed by atoms with E-state index < -0.39 is 0 Å². The van der Waals surface area contributed by atoms with Crippen LogP contribution in [0, 0.1) is 11.3 Å². The van der Waals surface area contributed by atoms with Gasteiger partial charge >= 0.3 is 0 Å². The highest BCUT2D eigenvalue weighted by Gasteiger charge is 2.36. The minimum Gasteiger partial charge on any atom is -0.490 e. The third-order valence-corrected chi connectivity index (χ3v) is 4.53. The summed E-state index contributed by atoms with van der Waals surface area (Å²) in [6, 6.07) is 4.13. The Labute approximate surface area is 120 Å². The van der Waals surface area contributed by atoms with Gasteiger partial charge in [0.2, 0.25) is 0 Å². The molecule has 1 N–H and O–H groups in total. The first-order chi connectivity index (χ1) is 8.97. The summed E-state index contributed by atoms with van der Waals surface area (Å²) in [7, 11) is 0. The average molecular weight is 280 g/mol. The van der Waals surface area contributed by atoms with Crippen LogP contribution in [0.3, 0.4) is 0 Å². The molecule has 1 aromatic rings. The maximum Gasteiger partial charge on any atom is 0.147 e. The molecule has 104 valence electrons. The van der Waals surface area contributed by atoms with Crippen LogP contribution in [0.5, 0.6) is 5.75 Å². The Hall–Kier alpha value is -0.890. The maximum atomic E-state index is 6.33. The van der Waals surface area contributed by atoms with Gasteiger partial charge in [-0.1, -0.05) is 38.4 Å². The fraction of sp³-hybridized carbons (Fsp3) is 0.625. The molecule has 1 atom stereocenters. The Bertz CT molecular complexity index is 488. The number of anilines is 1. The molecule has 0 aromatic heterocycles. The molecule has 2 nitrogen and oxygen atoms in total. The smallest absolute Gasteiger partial charge is 0.147 e. The second-order valence-corrected chi connectivity index (χ2v) is 7.30. The van der Waals surface area contributed by atoms with E-state index in [4.69, 9.17) is 16.3 Å². The Morgan fingerprint density at radius 3 is 2.68 bits per heavy atom. The number of benzene rings is 1.